The Morgan fingerprint density at radius 2 is 0.667 bits per heavy atom. The largest absolute Gasteiger partial charge is 0.466 e. The highest BCUT2D eigenvalue weighted by Gasteiger charge is 2.18. The van der Waals surface area contributed by atoms with E-state index in [2.05, 4.69) is 55.6 Å². The number of aliphatic hydroxyl groups excluding tert-OH is 2. The predicted octanol–water partition coefficient (Wildman–Crippen LogP) is 21.3. The summed E-state index contributed by atoms with van der Waals surface area (Å²) in [6.07, 6.45) is 83.4. The highest BCUT2D eigenvalue weighted by atomic mass is 16.5. The van der Waals surface area contributed by atoms with Gasteiger partial charge in [-0.1, -0.05) is 300 Å². The smallest absolute Gasteiger partial charge is 0.305 e. The van der Waals surface area contributed by atoms with Crippen molar-refractivity contribution in [1.82, 2.24) is 5.32 Å². The molecule has 0 radical (unpaired) electrons. The summed E-state index contributed by atoms with van der Waals surface area (Å²) in [6, 6.07) is -0.624. The lowest BCUT2D eigenvalue weighted by Crippen LogP contribution is -2.45. The Hall–Kier alpha value is -2.18. The van der Waals surface area contributed by atoms with E-state index < -0.39 is 12.1 Å². The summed E-state index contributed by atoms with van der Waals surface area (Å²) in [5, 5.41) is 23.0. The molecule has 0 saturated heterocycles. The minimum atomic E-state index is -0.841. The zero-order chi connectivity index (χ0) is 54.3. The zero-order valence-electron chi connectivity index (χ0n) is 50.3. The lowest BCUT2D eigenvalue weighted by atomic mass is 10.0. The minimum absolute atomic E-state index is 0.00983. The summed E-state index contributed by atoms with van der Waals surface area (Å²) in [6.45, 7) is 4.87. The molecule has 0 spiro atoms. The van der Waals surface area contributed by atoms with Crippen LogP contribution >= 0.6 is 0 Å². The van der Waals surface area contributed by atoms with Crippen molar-refractivity contribution >= 4 is 11.9 Å². The number of hydrogen-bond acceptors (Lipinski definition) is 5. The molecule has 2 unspecified atom stereocenters. The van der Waals surface area contributed by atoms with Gasteiger partial charge in [0.05, 0.1) is 25.4 Å². The number of ether oxygens (including phenoxy) is 1. The first-order valence-electron chi connectivity index (χ1n) is 33.4. The van der Waals surface area contributed by atoms with E-state index in [1.165, 1.54) is 276 Å². The average Bonchev–Trinajstić information content (AvgIpc) is 3.41. The predicted molar refractivity (Wildman–Crippen MR) is 329 cm³/mol. The van der Waals surface area contributed by atoms with Crippen molar-refractivity contribution in [2.45, 2.75) is 366 Å². The van der Waals surface area contributed by atoms with Crippen molar-refractivity contribution in [2.75, 3.05) is 13.2 Å². The van der Waals surface area contributed by atoms with Crippen molar-refractivity contribution in [1.29, 1.82) is 0 Å². The SMILES string of the molecule is CCCCCC/C=C\C/C=C\CCCCCCCCCC(=O)OCCCCCCCCCCCCCC/C=C\CCCCCCCCCCCCCCCCCC(=O)NC(CO)C(O)/C=C/CCCCCCCCC. The van der Waals surface area contributed by atoms with E-state index in [0.717, 1.165) is 51.4 Å². The highest BCUT2D eigenvalue weighted by Crippen LogP contribution is 2.17. The summed E-state index contributed by atoms with van der Waals surface area (Å²) in [4.78, 5) is 24.5. The Morgan fingerprint density at radius 3 is 1.04 bits per heavy atom. The van der Waals surface area contributed by atoms with Crippen molar-refractivity contribution in [2.24, 2.45) is 0 Å². The van der Waals surface area contributed by atoms with Crippen LogP contribution in [0, 0.1) is 0 Å². The van der Waals surface area contributed by atoms with Crippen LogP contribution in [-0.4, -0.2) is 47.4 Å². The van der Waals surface area contributed by atoms with Crippen LogP contribution in [0.15, 0.2) is 48.6 Å². The summed E-state index contributed by atoms with van der Waals surface area (Å²) in [5.74, 6) is -0.0583. The molecule has 440 valence electrons. The van der Waals surface area contributed by atoms with Crippen LogP contribution in [0.5, 0.6) is 0 Å². The Bertz CT molecular complexity index is 1260. The third-order valence-electron chi connectivity index (χ3n) is 15.3. The number of allylic oxidation sites excluding steroid dienone is 7. The molecule has 2 atom stereocenters. The fraction of sp³-hybridized carbons (Fsp3) is 0.855. The Balaban J connectivity index is 3.34. The van der Waals surface area contributed by atoms with Crippen molar-refractivity contribution in [3.05, 3.63) is 48.6 Å². The highest BCUT2D eigenvalue weighted by molar-refractivity contribution is 5.76. The molecule has 0 aliphatic carbocycles. The first-order valence-corrected chi connectivity index (χ1v) is 33.4. The second kappa shape index (κ2) is 64.3. The lowest BCUT2D eigenvalue weighted by Gasteiger charge is -2.20. The molecule has 0 bridgehead atoms. The third-order valence-corrected chi connectivity index (χ3v) is 15.3. The summed E-state index contributed by atoms with van der Waals surface area (Å²) < 4.78 is 5.50. The number of rotatable bonds is 62. The van der Waals surface area contributed by atoms with Crippen LogP contribution in [0.3, 0.4) is 0 Å². The maximum Gasteiger partial charge on any atom is 0.305 e. The Labute approximate surface area is 467 Å². The Morgan fingerprint density at radius 1 is 0.373 bits per heavy atom. The molecule has 6 heteroatoms. The second-order valence-corrected chi connectivity index (χ2v) is 22.8. The number of amides is 1. The van der Waals surface area contributed by atoms with E-state index in [1.54, 1.807) is 6.08 Å². The van der Waals surface area contributed by atoms with Gasteiger partial charge in [0.15, 0.2) is 0 Å². The van der Waals surface area contributed by atoms with E-state index in [9.17, 15) is 19.8 Å². The molecule has 0 aliphatic rings. The van der Waals surface area contributed by atoms with Crippen LogP contribution in [0.4, 0.5) is 0 Å². The topological polar surface area (TPSA) is 95.9 Å². The molecule has 1 amide bonds. The normalized spacial score (nSPS) is 12.9. The molecule has 0 rings (SSSR count). The molecule has 0 saturated carbocycles. The van der Waals surface area contributed by atoms with Crippen LogP contribution in [-0.2, 0) is 14.3 Å². The Kier molecular flexibility index (Phi) is 62.5. The van der Waals surface area contributed by atoms with E-state index in [0.29, 0.717) is 19.4 Å². The van der Waals surface area contributed by atoms with Crippen LogP contribution in [0.1, 0.15) is 354 Å². The van der Waals surface area contributed by atoms with Crippen LogP contribution < -0.4 is 5.32 Å². The third kappa shape index (κ3) is 60.9. The van der Waals surface area contributed by atoms with Gasteiger partial charge in [-0.2, -0.15) is 0 Å². The van der Waals surface area contributed by atoms with Gasteiger partial charge in [0.25, 0.3) is 0 Å². The van der Waals surface area contributed by atoms with Gasteiger partial charge in [-0.3, -0.25) is 9.59 Å². The molecular weight excluding hydrogens is 923 g/mol. The van der Waals surface area contributed by atoms with E-state index in [-0.39, 0.29) is 18.5 Å². The van der Waals surface area contributed by atoms with Crippen LogP contribution in [0.25, 0.3) is 0 Å². The van der Waals surface area contributed by atoms with Crippen molar-refractivity contribution in [3.63, 3.8) is 0 Å². The first-order chi connectivity index (χ1) is 37.0. The number of aliphatic hydroxyl groups is 2. The second-order valence-electron chi connectivity index (χ2n) is 22.8. The number of nitrogens with one attached hydrogen (secondary N) is 1. The molecule has 0 fully saturated rings. The van der Waals surface area contributed by atoms with Crippen molar-refractivity contribution in [3.8, 4) is 0 Å². The summed E-state index contributed by atoms with van der Waals surface area (Å²) >= 11 is 0. The lowest BCUT2D eigenvalue weighted by molar-refractivity contribution is -0.143. The first kappa shape index (κ1) is 72.8. The summed E-state index contributed by atoms with van der Waals surface area (Å²) in [5.41, 5.74) is 0. The number of carbonyl (C=O) groups is 2. The molecule has 0 aromatic heterocycles. The molecule has 0 aromatic rings. The quantitative estimate of drug-likeness (QED) is 0.0320. The van der Waals surface area contributed by atoms with Crippen LogP contribution in [0.2, 0.25) is 0 Å². The van der Waals surface area contributed by atoms with Gasteiger partial charge in [-0.15, -0.1) is 0 Å². The van der Waals surface area contributed by atoms with E-state index >= 15 is 0 Å². The number of hydrogen-bond donors (Lipinski definition) is 3. The van der Waals surface area contributed by atoms with E-state index in [1.807, 2.05) is 6.08 Å². The fourth-order valence-electron chi connectivity index (χ4n) is 10.2. The summed E-state index contributed by atoms with van der Waals surface area (Å²) in [7, 11) is 0. The molecule has 0 heterocycles. The fourth-order valence-corrected chi connectivity index (χ4v) is 10.2. The zero-order valence-corrected chi connectivity index (χ0v) is 50.3. The minimum Gasteiger partial charge on any atom is -0.466 e. The number of unbranched alkanes of at least 4 members (excludes halogenated alkanes) is 45. The number of carbonyl (C=O) groups excluding carboxylic acids is 2. The van der Waals surface area contributed by atoms with Gasteiger partial charge >= 0.3 is 5.97 Å². The standard InChI is InChI=1S/C69H129NO5/c1-3-5-7-9-11-13-14-15-16-17-34-37-40-43-47-51-55-59-63-69(74)75-64-60-56-52-48-44-41-38-35-32-30-28-26-24-22-20-18-19-21-23-25-27-29-31-33-36-39-42-46-50-54-58-62-68(73)70-66(65-71)67(72)61-57-53-49-45-12-10-8-6-4-2/h13-14,16-17,20,22,57,61,66-67,71-72H,3-12,15,18-19,21,23-56,58-60,62-65H2,1-2H3,(H,70,73)/b14-13-,17-16-,22-20-,61-57+. The number of esters is 1. The molecular formula is C69H129NO5. The molecule has 3 N–H and O–H groups in total. The monoisotopic (exact) mass is 1050 g/mol. The van der Waals surface area contributed by atoms with Gasteiger partial charge in [0.2, 0.25) is 5.91 Å². The van der Waals surface area contributed by atoms with Gasteiger partial charge < -0.3 is 20.3 Å². The molecule has 0 aliphatic heterocycles. The molecule has 75 heavy (non-hydrogen) atoms. The van der Waals surface area contributed by atoms with Gasteiger partial charge in [-0.25, -0.2) is 0 Å². The molecule has 6 nitrogen and oxygen atoms in total. The van der Waals surface area contributed by atoms with Gasteiger partial charge in [-0.05, 0) is 89.9 Å². The molecule has 0 aromatic carbocycles. The average molecular weight is 1050 g/mol. The van der Waals surface area contributed by atoms with Gasteiger partial charge in [0, 0.05) is 12.8 Å². The van der Waals surface area contributed by atoms with E-state index in [4.69, 9.17) is 4.74 Å². The van der Waals surface area contributed by atoms with Crippen molar-refractivity contribution < 1.29 is 24.5 Å². The maximum absolute atomic E-state index is 12.4. The maximum atomic E-state index is 12.4. The van der Waals surface area contributed by atoms with Gasteiger partial charge in [0.1, 0.15) is 0 Å².